The van der Waals surface area contributed by atoms with E-state index in [1.807, 2.05) is 0 Å². The number of aliphatic hydroxyl groups excluding tert-OH is 3. The summed E-state index contributed by atoms with van der Waals surface area (Å²) in [5, 5.41) is 29.7. The SMILES string of the molecule is CCCCCCCCCCCCO[C@@H]1O[C@H](CO)[C@@H](OC(C)=O)[C@H](O)[C@H]1O. The van der Waals surface area contributed by atoms with Crippen LogP contribution >= 0.6 is 0 Å². The van der Waals surface area contributed by atoms with Crippen LogP contribution in [0.5, 0.6) is 0 Å². The molecule has 7 heteroatoms. The number of carbonyl (C=O) groups excluding carboxylic acids is 1. The minimum absolute atomic E-state index is 0.404. The van der Waals surface area contributed by atoms with Crippen molar-refractivity contribution < 1.29 is 34.3 Å². The summed E-state index contributed by atoms with van der Waals surface area (Å²) in [4.78, 5) is 11.1. The van der Waals surface area contributed by atoms with Crippen LogP contribution in [0.3, 0.4) is 0 Å². The molecule has 1 fully saturated rings. The van der Waals surface area contributed by atoms with Crippen molar-refractivity contribution in [1.29, 1.82) is 0 Å². The van der Waals surface area contributed by atoms with Crippen molar-refractivity contribution in [3.63, 3.8) is 0 Å². The Kier molecular flexibility index (Phi) is 12.9. The fourth-order valence-corrected chi connectivity index (χ4v) is 3.32. The molecule has 0 aliphatic carbocycles. The molecule has 1 aliphatic rings. The van der Waals surface area contributed by atoms with Crippen molar-refractivity contribution in [2.24, 2.45) is 0 Å². The Morgan fingerprint density at radius 2 is 1.48 bits per heavy atom. The van der Waals surface area contributed by atoms with Crippen molar-refractivity contribution >= 4 is 5.97 Å². The molecule has 0 aromatic carbocycles. The lowest BCUT2D eigenvalue weighted by molar-refractivity contribution is -0.303. The van der Waals surface area contributed by atoms with Gasteiger partial charge in [0.2, 0.25) is 0 Å². The van der Waals surface area contributed by atoms with Crippen LogP contribution in [0.15, 0.2) is 0 Å². The monoisotopic (exact) mass is 390 g/mol. The standard InChI is InChI=1S/C20H38O7/c1-3-4-5-6-7-8-9-10-11-12-13-25-20-18(24)17(23)19(26-15(2)22)16(14-21)27-20/h16-21,23-24H,3-14H2,1-2H3/t16-,17-,18-,19-,20-/m1/s1. The van der Waals surface area contributed by atoms with Gasteiger partial charge in [0.1, 0.15) is 18.3 Å². The molecule has 0 amide bonds. The zero-order valence-electron chi connectivity index (χ0n) is 16.8. The van der Waals surface area contributed by atoms with Crippen LogP contribution in [0.25, 0.3) is 0 Å². The molecular weight excluding hydrogens is 352 g/mol. The van der Waals surface area contributed by atoms with E-state index in [4.69, 9.17) is 14.2 Å². The third kappa shape index (κ3) is 9.34. The van der Waals surface area contributed by atoms with Gasteiger partial charge in [-0.25, -0.2) is 0 Å². The third-order valence-corrected chi connectivity index (χ3v) is 4.90. The van der Waals surface area contributed by atoms with E-state index in [9.17, 15) is 20.1 Å². The maximum absolute atomic E-state index is 11.1. The first-order valence-electron chi connectivity index (χ1n) is 10.4. The van der Waals surface area contributed by atoms with Gasteiger partial charge in [0.15, 0.2) is 12.4 Å². The van der Waals surface area contributed by atoms with Gasteiger partial charge in [-0.1, -0.05) is 64.7 Å². The van der Waals surface area contributed by atoms with E-state index in [0.29, 0.717) is 6.61 Å². The summed E-state index contributed by atoms with van der Waals surface area (Å²) in [5.41, 5.74) is 0. The maximum atomic E-state index is 11.1. The van der Waals surface area contributed by atoms with Crippen LogP contribution in [0.1, 0.15) is 78.1 Å². The summed E-state index contributed by atoms with van der Waals surface area (Å²) in [7, 11) is 0. The van der Waals surface area contributed by atoms with Gasteiger partial charge < -0.3 is 29.5 Å². The smallest absolute Gasteiger partial charge is 0.303 e. The van der Waals surface area contributed by atoms with Gasteiger partial charge >= 0.3 is 5.97 Å². The Bertz CT molecular complexity index is 389. The number of carbonyl (C=O) groups is 1. The van der Waals surface area contributed by atoms with Gasteiger partial charge in [-0.05, 0) is 6.42 Å². The third-order valence-electron chi connectivity index (χ3n) is 4.90. The van der Waals surface area contributed by atoms with Crippen LogP contribution in [-0.4, -0.2) is 65.2 Å². The number of rotatable bonds is 14. The predicted molar refractivity (Wildman–Crippen MR) is 101 cm³/mol. The first-order chi connectivity index (χ1) is 13.0. The highest BCUT2D eigenvalue weighted by atomic mass is 16.7. The summed E-state index contributed by atoms with van der Waals surface area (Å²) < 4.78 is 16.0. The van der Waals surface area contributed by atoms with Crippen molar-refractivity contribution in [1.82, 2.24) is 0 Å². The van der Waals surface area contributed by atoms with E-state index >= 15 is 0 Å². The van der Waals surface area contributed by atoms with Crippen LogP contribution < -0.4 is 0 Å². The molecule has 0 bridgehead atoms. The second-order valence-electron chi connectivity index (χ2n) is 7.33. The molecule has 7 nitrogen and oxygen atoms in total. The van der Waals surface area contributed by atoms with Crippen LogP contribution in [-0.2, 0) is 19.0 Å². The van der Waals surface area contributed by atoms with Crippen molar-refractivity contribution in [2.45, 2.75) is 109 Å². The average molecular weight is 391 g/mol. The number of hydrogen-bond acceptors (Lipinski definition) is 7. The fraction of sp³-hybridized carbons (Fsp3) is 0.950. The Hall–Kier alpha value is -0.730. The minimum atomic E-state index is -1.36. The van der Waals surface area contributed by atoms with Gasteiger partial charge in [-0.2, -0.15) is 0 Å². The lowest BCUT2D eigenvalue weighted by atomic mass is 9.99. The normalized spacial score (nSPS) is 28.3. The Balaban J connectivity index is 2.17. The Labute approximate surface area is 163 Å². The number of aliphatic hydroxyl groups is 3. The summed E-state index contributed by atoms with van der Waals surface area (Å²) in [5.74, 6) is -0.613. The Morgan fingerprint density at radius 1 is 0.926 bits per heavy atom. The lowest BCUT2D eigenvalue weighted by Gasteiger charge is -2.41. The van der Waals surface area contributed by atoms with Crippen LogP contribution in [0.4, 0.5) is 0 Å². The minimum Gasteiger partial charge on any atom is -0.457 e. The maximum Gasteiger partial charge on any atom is 0.303 e. The molecule has 1 saturated heterocycles. The van der Waals surface area contributed by atoms with Gasteiger partial charge in [-0.3, -0.25) is 4.79 Å². The molecule has 1 heterocycles. The van der Waals surface area contributed by atoms with Crippen LogP contribution in [0, 0.1) is 0 Å². The highest BCUT2D eigenvalue weighted by Gasteiger charge is 2.46. The zero-order chi connectivity index (χ0) is 20.1. The summed E-state index contributed by atoms with van der Waals surface area (Å²) >= 11 is 0. The molecule has 0 radical (unpaired) electrons. The lowest BCUT2D eigenvalue weighted by Crippen LogP contribution is -2.60. The summed E-state index contributed by atoms with van der Waals surface area (Å²) in [6.07, 6.45) is 6.36. The second kappa shape index (κ2) is 14.3. The summed E-state index contributed by atoms with van der Waals surface area (Å²) in [6, 6.07) is 0. The molecular formula is C20H38O7. The predicted octanol–water partition coefficient (Wildman–Crippen LogP) is 2.29. The zero-order valence-corrected chi connectivity index (χ0v) is 16.8. The molecule has 0 spiro atoms. The van der Waals surface area contributed by atoms with E-state index in [0.717, 1.165) is 19.3 Å². The molecule has 0 saturated carbocycles. The molecule has 0 aromatic heterocycles. The average Bonchev–Trinajstić information content (AvgIpc) is 2.64. The molecule has 5 atom stereocenters. The highest BCUT2D eigenvalue weighted by molar-refractivity contribution is 5.66. The van der Waals surface area contributed by atoms with Crippen molar-refractivity contribution in [3.8, 4) is 0 Å². The topological polar surface area (TPSA) is 105 Å². The number of esters is 1. The van der Waals surface area contributed by atoms with Gasteiger partial charge in [-0.15, -0.1) is 0 Å². The molecule has 0 aromatic rings. The fourth-order valence-electron chi connectivity index (χ4n) is 3.32. The second-order valence-corrected chi connectivity index (χ2v) is 7.33. The van der Waals surface area contributed by atoms with E-state index in [2.05, 4.69) is 6.92 Å². The summed E-state index contributed by atoms with van der Waals surface area (Å²) in [6.45, 7) is 3.38. The molecule has 160 valence electrons. The quantitative estimate of drug-likeness (QED) is 0.309. The largest absolute Gasteiger partial charge is 0.457 e. The van der Waals surface area contributed by atoms with Crippen molar-refractivity contribution in [2.75, 3.05) is 13.2 Å². The van der Waals surface area contributed by atoms with Crippen molar-refractivity contribution in [3.05, 3.63) is 0 Å². The van der Waals surface area contributed by atoms with E-state index in [1.165, 1.54) is 51.9 Å². The highest BCUT2D eigenvalue weighted by Crippen LogP contribution is 2.24. The molecule has 0 unspecified atom stereocenters. The van der Waals surface area contributed by atoms with E-state index < -0.39 is 43.3 Å². The molecule has 27 heavy (non-hydrogen) atoms. The molecule has 1 rings (SSSR count). The Morgan fingerprint density at radius 3 is 2.00 bits per heavy atom. The molecule has 3 N–H and O–H groups in total. The first-order valence-corrected chi connectivity index (χ1v) is 10.4. The first kappa shape index (κ1) is 24.3. The van der Waals surface area contributed by atoms with Gasteiger partial charge in [0, 0.05) is 13.5 Å². The van der Waals surface area contributed by atoms with Crippen LogP contribution in [0.2, 0.25) is 0 Å². The van der Waals surface area contributed by atoms with E-state index in [1.54, 1.807) is 0 Å². The van der Waals surface area contributed by atoms with E-state index in [-0.39, 0.29) is 0 Å². The number of unbranched alkanes of at least 4 members (excludes halogenated alkanes) is 9. The number of ether oxygens (including phenoxy) is 3. The van der Waals surface area contributed by atoms with Gasteiger partial charge in [0.25, 0.3) is 0 Å². The number of hydrogen-bond donors (Lipinski definition) is 3. The molecule has 1 aliphatic heterocycles. The van der Waals surface area contributed by atoms with Gasteiger partial charge in [0.05, 0.1) is 6.61 Å².